The summed E-state index contributed by atoms with van der Waals surface area (Å²) in [6.07, 6.45) is -3.93. The smallest absolute Gasteiger partial charge is 0.423 e. The molecule has 8 heteroatoms. The summed E-state index contributed by atoms with van der Waals surface area (Å²) in [7, 11) is 0. The maximum Gasteiger partial charge on any atom is 0.423 e. The van der Waals surface area contributed by atoms with Gasteiger partial charge in [-0.2, -0.15) is 18.2 Å². The molecule has 3 aromatic rings. The third-order valence-corrected chi connectivity index (χ3v) is 3.59. The molecule has 128 valence electrons. The van der Waals surface area contributed by atoms with E-state index >= 15 is 0 Å². The number of alkyl halides is 3. The molecule has 4 nitrogen and oxygen atoms in total. The summed E-state index contributed by atoms with van der Waals surface area (Å²) in [4.78, 5) is 7.61. The van der Waals surface area contributed by atoms with E-state index in [1.807, 2.05) is 6.07 Å². The Morgan fingerprint density at radius 3 is 2.44 bits per heavy atom. The van der Waals surface area contributed by atoms with Crippen LogP contribution < -0.4 is 10.1 Å². The molecule has 1 N–H and O–H groups in total. The molecule has 0 amide bonds. The summed E-state index contributed by atoms with van der Waals surface area (Å²) in [6, 6.07) is 15.2. The van der Waals surface area contributed by atoms with Crippen LogP contribution in [0.1, 0.15) is 5.56 Å². The second kappa shape index (κ2) is 7.10. The van der Waals surface area contributed by atoms with Gasteiger partial charge in [0.05, 0.1) is 0 Å². The van der Waals surface area contributed by atoms with Gasteiger partial charge in [0.2, 0.25) is 11.8 Å². The summed E-state index contributed by atoms with van der Waals surface area (Å²) < 4.78 is 45.7. The Morgan fingerprint density at radius 2 is 1.76 bits per heavy atom. The number of benzene rings is 2. The van der Waals surface area contributed by atoms with Crippen LogP contribution in [0.4, 0.5) is 24.8 Å². The quantitative estimate of drug-likeness (QED) is 0.591. The van der Waals surface area contributed by atoms with E-state index in [4.69, 9.17) is 4.74 Å². The Hall–Kier alpha value is -2.61. The molecule has 0 unspecified atom stereocenters. The van der Waals surface area contributed by atoms with Crippen molar-refractivity contribution in [1.82, 2.24) is 9.97 Å². The molecule has 0 bridgehead atoms. The minimum absolute atomic E-state index is 0.00275. The molecule has 0 aliphatic carbocycles. The lowest BCUT2D eigenvalue weighted by Crippen LogP contribution is -2.10. The number of hydrogen-bond acceptors (Lipinski definition) is 4. The van der Waals surface area contributed by atoms with Crippen molar-refractivity contribution in [2.75, 3.05) is 5.32 Å². The summed E-state index contributed by atoms with van der Waals surface area (Å²) in [5.74, 6) is -0.316. The monoisotopic (exact) mass is 409 g/mol. The van der Waals surface area contributed by atoms with Gasteiger partial charge in [-0.25, -0.2) is 4.98 Å². The summed E-state index contributed by atoms with van der Waals surface area (Å²) in [6.45, 7) is 0. The lowest BCUT2D eigenvalue weighted by molar-refractivity contribution is -0.139. The van der Waals surface area contributed by atoms with Crippen LogP contribution in [0.25, 0.3) is 0 Å². The molecule has 0 spiro atoms. The van der Waals surface area contributed by atoms with Gasteiger partial charge in [-0.3, -0.25) is 0 Å². The molecule has 0 radical (unpaired) electrons. The number of nitrogens with zero attached hydrogens (tertiary/aromatic N) is 2. The fourth-order valence-electron chi connectivity index (χ4n) is 1.99. The molecule has 0 atom stereocenters. The van der Waals surface area contributed by atoms with Crippen LogP contribution in [0.15, 0.2) is 65.3 Å². The highest BCUT2D eigenvalue weighted by Gasteiger charge is 2.36. The molecule has 0 saturated carbocycles. The van der Waals surface area contributed by atoms with Gasteiger partial charge < -0.3 is 10.1 Å². The molecular formula is C17H11BrF3N3O. The number of ether oxygens (including phenoxy) is 1. The van der Waals surface area contributed by atoms with E-state index in [-0.39, 0.29) is 11.7 Å². The average molecular weight is 410 g/mol. The van der Waals surface area contributed by atoms with E-state index in [0.717, 1.165) is 4.47 Å². The lowest BCUT2D eigenvalue weighted by atomic mass is 10.3. The SMILES string of the molecule is FC(F)(F)c1cnc(Nc2cccc(Br)c2)nc1Oc1ccccc1. The Balaban J connectivity index is 1.95. The second-order valence-electron chi connectivity index (χ2n) is 4.96. The number of nitrogens with one attached hydrogen (secondary N) is 1. The minimum atomic E-state index is -4.63. The van der Waals surface area contributed by atoms with Gasteiger partial charge in [0.15, 0.2) is 0 Å². The zero-order chi connectivity index (χ0) is 17.9. The second-order valence-corrected chi connectivity index (χ2v) is 5.88. The fourth-order valence-corrected chi connectivity index (χ4v) is 2.39. The van der Waals surface area contributed by atoms with Crippen molar-refractivity contribution in [3.05, 3.63) is 70.8 Å². The Morgan fingerprint density at radius 1 is 1.00 bits per heavy atom. The largest absolute Gasteiger partial charge is 0.438 e. The van der Waals surface area contributed by atoms with Crippen LogP contribution in [-0.2, 0) is 6.18 Å². The van der Waals surface area contributed by atoms with Crippen LogP contribution in [0, 0.1) is 0 Å². The number of hydrogen-bond donors (Lipinski definition) is 1. The highest BCUT2D eigenvalue weighted by molar-refractivity contribution is 9.10. The first kappa shape index (κ1) is 17.2. The van der Waals surface area contributed by atoms with E-state index in [9.17, 15) is 13.2 Å². The summed E-state index contributed by atoms with van der Waals surface area (Å²) in [5, 5.41) is 2.85. The molecule has 1 aromatic heterocycles. The first-order valence-corrected chi connectivity index (χ1v) is 7.91. The van der Waals surface area contributed by atoms with Gasteiger partial charge in [0.25, 0.3) is 0 Å². The van der Waals surface area contributed by atoms with E-state index in [1.165, 1.54) is 0 Å². The van der Waals surface area contributed by atoms with E-state index < -0.39 is 17.6 Å². The van der Waals surface area contributed by atoms with Crippen molar-refractivity contribution in [3.8, 4) is 11.6 Å². The summed E-state index contributed by atoms with van der Waals surface area (Å²) in [5.41, 5.74) is -0.420. The highest BCUT2D eigenvalue weighted by atomic mass is 79.9. The lowest BCUT2D eigenvalue weighted by Gasteiger charge is -2.14. The van der Waals surface area contributed by atoms with E-state index in [2.05, 4.69) is 31.2 Å². The van der Waals surface area contributed by atoms with Crippen LogP contribution in [0.5, 0.6) is 11.6 Å². The van der Waals surface area contributed by atoms with Crippen molar-refractivity contribution >= 4 is 27.6 Å². The number of para-hydroxylation sites is 1. The molecule has 0 aliphatic heterocycles. The third-order valence-electron chi connectivity index (χ3n) is 3.10. The van der Waals surface area contributed by atoms with Crippen LogP contribution in [0.3, 0.4) is 0 Å². The number of anilines is 2. The highest BCUT2D eigenvalue weighted by Crippen LogP contribution is 2.37. The van der Waals surface area contributed by atoms with Crippen molar-refractivity contribution < 1.29 is 17.9 Å². The Labute approximate surface area is 149 Å². The zero-order valence-electron chi connectivity index (χ0n) is 12.6. The van der Waals surface area contributed by atoms with Crippen LogP contribution >= 0.6 is 15.9 Å². The molecule has 0 fully saturated rings. The van der Waals surface area contributed by atoms with Gasteiger partial charge in [-0.15, -0.1) is 0 Å². The first-order chi connectivity index (χ1) is 11.9. The fraction of sp³-hybridized carbons (Fsp3) is 0.0588. The maximum absolute atomic E-state index is 13.2. The van der Waals surface area contributed by atoms with Crippen LogP contribution in [-0.4, -0.2) is 9.97 Å². The Bertz CT molecular complexity index is 873. The van der Waals surface area contributed by atoms with Gasteiger partial charge in [0.1, 0.15) is 11.3 Å². The van der Waals surface area contributed by atoms with Crippen LogP contribution in [0.2, 0.25) is 0 Å². The zero-order valence-corrected chi connectivity index (χ0v) is 14.2. The molecular weight excluding hydrogens is 399 g/mol. The molecule has 0 saturated heterocycles. The molecule has 3 rings (SSSR count). The predicted molar refractivity (Wildman–Crippen MR) is 91.0 cm³/mol. The molecule has 2 aromatic carbocycles. The third kappa shape index (κ3) is 4.48. The number of rotatable bonds is 4. The van der Waals surface area contributed by atoms with Gasteiger partial charge in [0, 0.05) is 16.4 Å². The average Bonchev–Trinajstić information content (AvgIpc) is 2.55. The van der Waals surface area contributed by atoms with Gasteiger partial charge in [-0.1, -0.05) is 40.2 Å². The topological polar surface area (TPSA) is 47.0 Å². The maximum atomic E-state index is 13.2. The Kier molecular flexibility index (Phi) is 4.89. The van der Waals surface area contributed by atoms with E-state index in [0.29, 0.717) is 11.9 Å². The first-order valence-electron chi connectivity index (χ1n) is 7.11. The van der Waals surface area contributed by atoms with Crippen molar-refractivity contribution in [1.29, 1.82) is 0 Å². The number of halogens is 4. The predicted octanol–water partition coefficient (Wildman–Crippen LogP) is 5.79. The van der Waals surface area contributed by atoms with Gasteiger partial charge >= 0.3 is 6.18 Å². The molecule has 1 heterocycles. The van der Waals surface area contributed by atoms with Gasteiger partial charge in [-0.05, 0) is 30.3 Å². The molecule has 0 aliphatic rings. The van der Waals surface area contributed by atoms with Crippen molar-refractivity contribution in [2.45, 2.75) is 6.18 Å². The minimum Gasteiger partial charge on any atom is -0.438 e. The molecule has 25 heavy (non-hydrogen) atoms. The standard InChI is InChI=1S/C17H11BrF3N3O/c18-11-5-4-6-12(9-11)23-16-22-10-14(17(19,20)21)15(24-16)25-13-7-2-1-3-8-13/h1-10H,(H,22,23,24). The van der Waals surface area contributed by atoms with Crippen molar-refractivity contribution in [3.63, 3.8) is 0 Å². The summed E-state index contributed by atoms with van der Waals surface area (Å²) >= 11 is 3.32. The normalized spacial score (nSPS) is 11.2. The number of aromatic nitrogens is 2. The van der Waals surface area contributed by atoms with E-state index in [1.54, 1.807) is 48.5 Å². The van der Waals surface area contributed by atoms with Crippen molar-refractivity contribution in [2.24, 2.45) is 0 Å².